The van der Waals surface area contributed by atoms with Crippen LogP contribution in [0.3, 0.4) is 0 Å². The average Bonchev–Trinajstić information content (AvgIpc) is 3.59. The first kappa shape index (κ1) is 20.0. The number of nitrogens with zero attached hydrogens (tertiary/aromatic N) is 1. The van der Waals surface area contributed by atoms with Crippen molar-refractivity contribution in [2.24, 2.45) is 0 Å². The van der Waals surface area contributed by atoms with E-state index in [0.29, 0.717) is 18.2 Å². The summed E-state index contributed by atoms with van der Waals surface area (Å²) in [6, 6.07) is 25.1. The summed E-state index contributed by atoms with van der Waals surface area (Å²) in [5, 5.41) is 4.88. The Morgan fingerprint density at radius 3 is 2.19 bits per heavy atom. The van der Waals surface area contributed by atoms with Crippen molar-refractivity contribution in [3.8, 4) is 22.5 Å². The second-order valence-corrected chi connectivity index (χ2v) is 8.54. The summed E-state index contributed by atoms with van der Waals surface area (Å²) < 4.78 is 11.6. The molecule has 0 N–H and O–H groups in total. The van der Waals surface area contributed by atoms with Crippen LogP contribution in [-0.4, -0.2) is 5.16 Å². The molecule has 1 saturated carbocycles. The Hall–Kier alpha value is -2.88. The van der Waals surface area contributed by atoms with Crippen molar-refractivity contribution in [3.05, 3.63) is 100 Å². The standard InChI is InChI=1S/C27H24ClNO2/c1-18-25(17-30-16-24-4-2-3-5-26(24)28)27(31-29-18)23-14-12-22(13-15-23)21-10-8-20(9-11-21)19-6-7-19/h2-5,8-15,19H,6-7,16-17H2,1H3. The minimum absolute atomic E-state index is 0.417. The molecule has 5 rings (SSSR count). The molecular formula is C27H24ClNO2. The lowest BCUT2D eigenvalue weighted by Crippen LogP contribution is -1.97. The van der Waals surface area contributed by atoms with Crippen LogP contribution < -0.4 is 0 Å². The summed E-state index contributed by atoms with van der Waals surface area (Å²) >= 11 is 6.22. The molecule has 0 atom stereocenters. The van der Waals surface area contributed by atoms with Gasteiger partial charge in [0.15, 0.2) is 5.76 Å². The van der Waals surface area contributed by atoms with E-state index >= 15 is 0 Å². The lowest BCUT2D eigenvalue weighted by Gasteiger charge is -2.08. The number of halogens is 1. The molecule has 1 aliphatic rings. The van der Waals surface area contributed by atoms with Gasteiger partial charge in [-0.2, -0.15) is 0 Å². The number of ether oxygens (including phenoxy) is 1. The number of aromatic nitrogens is 1. The highest BCUT2D eigenvalue weighted by Crippen LogP contribution is 2.40. The Morgan fingerprint density at radius 2 is 1.52 bits per heavy atom. The maximum Gasteiger partial charge on any atom is 0.172 e. The molecule has 0 spiro atoms. The minimum Gasteiger partial charge on any atom is -0.372 e. The Balaban J connectivity index is 1.30. The second kappa shape index (κ2) is 8.70. The highest BCUT2D eigenvalue weighted by Gasteiger charge is 2.23. The summed E-state index contributed by atoms with van der Waals surface area (Å²) in [6.07, 6.45) is 2.66. The second-order valence-electron chi connectivity index (χ2n) is 8.13. The fourth-order valence-corrected chi connectivity index (χ4v) is 4.03. The monoisotopic (exact) mass is 429 g/mol. The first-order chi connectivity index (χ1) is 15.2. The highest BCUT2D eigenvalue weighted by atomic mass is 35.5. The van der Waals surface area contributed by atoms with Crippen LogP contribution >= 0.6 is 11.6 Å². The van der Waals surface area contributed by atoms with Gasteiger partial charge >= 0.3 is 0 Å². The Bertz CT molecular complexity index is 1170. The molecule has 0 aliphatic heterocycles. The number of benzene rings is 3. The Kier molecular flexibility index (Phi) is 5.63. The molecule has 0 bridgehead atoms. The molecular weight excluding hydrogens is 406 g/mol. The predicted molar refractivity (Wildman–Crippen MR) is 124 cm³/mol. The molecule has 156 valence electrons. The van der Waals surface area contributed by atoms with Crippen LogP contribution in [0.5, 0.6) is 0 Å². The van der Waals surface area contributed by atoms with Crippen LogP contribution in [0.2, 0.25) is 5.02 Å². The summed E-state index contributed by atoms with van der Waals surface area (Å²) in [6.45, 7) is 2.80. The third-order valence-electron chi connectivity index (χ3n) is 5.89. The van der Waals surface area contributed by atoms with E-state index in [2.05, 4.69) is 53.7 Å². The molecule has 0 unspecified atom stereocenters. The first-order valence-corrected chi connectivity index (χ1v) is 11.0. The zero-order valence-corrected chi connectivity index (χ0v) is 18.2. The van der Waals surface area contributed by atoms with E-state index in [9.17, 15) is 0 Å². The van der Waals surface area contributed by atoms with E-state index in [1.54, 1.807) is 0 Å². The summed E-state index contributed by atoms with van der Waals surface area (Å²) in [5.41, 5.74) is 7.65. The summed E-state index contributed by atoms with van der Waals surface area (Å²) in [4.78, 5) is 0. The number of hydrogen-bond donors (Lipinski definition) is 0. The van der Waals surface area contributed by atoms with Crippen molar-refractivity contribution >= 4 is 11.6 Å². The lowest BCUT2D eigenvalue weighted by molar-refractivity contribution is 0.107. The van der Waals surface area contributed by atoms with Crippen molar-refractivity contribution in [1.82, 2.24) is 5.16 Å². The molecule has 4 heteroatoms. The molecule has 31 heavy (non-hydrogen) atoms. The maximum absolute atomic E-state index is 6.22. The molecule has 3 aromatic carbocycles. The molecule has 0 amide bonds. The van der Waals surface area contributed by atoms with E-state index in [0.717, 1.165) is 34.1 Å². The van der Waals surface area contributed by atoms with Gasteiger partial charge in [0.05, 0.1) is 18.9 Å². The van der Waals surface area contributed by atoms with Gasteiger partial charge in [0, 0.05) is 16.1 Å². The molecule has 1 heterocycles. The Labute approximate surface area is 187 Å². The predicted octanol–water partition coefficient (Wildman–Crippen LogP) is 7.56. The van der Waals surface area contributed by atoms with Gasteiger partial charge in [0.1, 0.15) is 0 Å². The fraction of sp³-hybridized carbons (Fsp3) is 0.222. The van der Waals surface area contributed by atoms with Crippen molar-refractivity contribution in [1.29, 1.82) is 0 Å². The van der Waals surface area contributed by atoms with Crippen LogP contribution in [0.15, 0.2) is 77.3 Å². The van der Waals surface area contributed by atoms with E-state index in [1.165, 1.54) is 29.5 Å². The number of aryl methyl sites for hydroxylation is 1. The number of hydrogen-bond acceptors (Lipinski definition) is 3. The van der Waals surface area contributed by atoms with Crippen molar-refractivity contribution in [2.45, 2.75) is 38.9 Å². The largest absolute Gasteiger partial charge is 0.372 e. The van der Waals surface area contributed by atoms with Crippen LogP contribution in [0.1, 0.15) is 41.1 Å². The van der Waals surface area contributed by atoms with Gasteiger partial charge in [-0.05, 0) is 54.0 Å². The van der Waals surface area contributed by atoms with Gasteiger partial charge in [-0.15, -0.1) is 0 Å². The third kappa shape index (κ3) is 4.43. The van der Waals surface area contributed by atoms with Crippen LogP contribution in [-0.2, 0) is 18.0 Å². The SMILES string of the molecule is Cc1noc(-c2ccc(-c3ccc(C4CC4)cc3)cc2)c1COCc1ccccc1Cl. The molecule has 1 aromatic heterocycles. The molecule has 4 aromatic rings. The van der Waals surface area contributed by atoms with Gasteiger partial charge in [0.25, 0.3) is 0 Å². The van der Waals surface area contributed by atoms with Crippen molar-refractivity contribution < 1.29 is 9.26 Å². The van der Waals surface area contributed by atoms with Gasteiger partial charge in [0.2, 0.25) is 0 Å². The average molecular weight is 430 g/mol. The molecule has 3 nitrogen and oxygen atoms in total. The fourth-order valence-electron chi connectivity index (χ4n) is 3.84. The normalized spacial score (nSPS) is 13.5. The summed E-state index contributed by atoms with van der Waals surface area (Å²) in [7, 11) is 0. The van der Waals surface area contributed by atoms with Gasteiger partial charge in [-0.25, -0.2) is 0 Å². The first-order valence-electron chi connectivity index (χ1n) is 10.7. The van der Waals surface area contributed by atoms with Crippen molar-refractivity contribution in [3.63, 3.8) is 0 Å². The van der Waals surface area contributed by atoms with E-state index < -0.39 is 0 Å². The van der Waals surface area contributed by atoms with Gasteiger partial charge in [-0.1, -0.05) is 83.5 Å². The van der Waals surface area contributed by atoms with Crippen LogP contribution in [0.25, 0.3) is 22.5 Å². The molecule has 0 radical (unpaired) electrons. The van der Waals surface area contributed by atoms with Crippen LogP contribution in [0, 0.1) is 6.92 Å². The third-order valence-corrected chi connectivity index (χ3v) is 6.26. The Morgan fingerprint density at radius 1 is 0.871 bits per heavy atom. The summed E-state index contributed by atoms with van der Waals surface area (Å²) in [5.74, 6) is 1.54. The van der Waals surface area contributed by atoms with Crippen molar-refractivity contribution in [2.75, 3.05) is 0 Å². The highest BCUT2D eigenvalue weighted by molar-refractivity contribution is 6.31. The topological polar surface area (TPSA) is 35.3 Å². The molecule has 1 fully saturated rings. The van der Waals surface area contributed by atoms with Gasteiger partial charge in [-0.3, -0.25) is 0 Å². The minimum atomic E-state index is 0.417. The van der Waals surface area contributed by atoms with E-state index in [4.69, 9.17) is 20.9 Å². The lowest BCUT2D eigenvalue weighted by atomic mass is 10.00. The number of rotatable bonds is 7. The molecule has 1 aliphatic carbocycles. The quantitative estimate of drug-likeness (QED) is 0.304. The van der Waals surface area contributed by atoms with Gasteiger partial charge < -0.3 is 9.26 Å². The van der Waals surface area contributed by atoms with E-state index in [1.807, 2.05) is 31.2 Å². The maximum atomic E-state index is 6.22. The molecule has 0 saturated heterocycles. The van der Waals surface area contributed by atoms with Crippen LogP contribution in [0.4, 0.5) is 0 Å². The zero-order valence-electron chi connectivity index (χ0n) is 17.5. The zero-order chi connectivity index (χ0) is 21.2. The van der Waals surface area contributed by atoms with E-state index in [-0.39, 0.29) is 0 Å². The smallest absolute Gasteiger partial charge is 0.172 e.